The molecule has 112 valence electrons. The van der Waals surface area contributed by atoms with E-state index in [9.17, 15) is 13.2 Å². The number of alkyl halides is 3. The molecule has 0 saturated carbocycles. The number of thiazole rings is 1. The van der Waals surface area contributed by atoms with Crippen molar-refractivity contribution in [3.8, 4) is 5.88 Å². The molecule has 2 aromatic heterocycles. The topological polar surface area (TPSA) is 47.8 Å². The molecule has 2 heterocycles. The first-order chi connectivity index (χ1) is 9.51. The number of aromatic nitrogens is 2. The zero-order chi connectivity index (χ0) is 14.6. The first kappa shape index (κ1) is 15.1. The van der Waals surface area contributed by atoms with Crippen LogP contribution in [0.2, 0.25) is 0 Å². The van der Waals surface area contributed by atoms with Crippen LogP contribution in [0, 0.1) is 0 Å². The molecule has 9 heteroatoms. The third-order valence-corrected chi connectivity index (χ3v) is 3.26. The number of nitrogens with one attached hydrogen (secondary N) is 1. The number of nitrogens with zero attached hydrogens (tertiary/aromatic N) is 2. The van der Waals surface area contributed by atoms with Gasteiger partial charge in [0.15, 0.2) is 4.96 Å². The van der Waals surface area contributed by atoms with E-state index in [1.165, 1.54) is 18.4 Å². The van der Waals surface area contributed by atoms with Crippen LogP contribution >= 0.6 is 11.3 Å². The minimum absolute atomic E-state index is 0.00654. The highest BCUT2D eigenvalue weighted by atomic mass is 32.1. The molecule has 0 spiro atoms. The van der Waals surface area contributed by atoms with E-state index in [0.717, 1.165) is 10.7 Å². The second-order valence-electron chi connectivity index (χ2n) is 3.97. The summed E-state index contributed by atoms with van der Waals surface area (Å²) in [5.41, 5.74) is 0.833. The van der Waals surface area contributed by atoms with E-state index < -0.39 is 12.8 Å². The third-order valence-electron chi connectivity index (χ3n) is 2.50. The fraction of sp³-hybridized carbons (Fsp3) is 0.545. The Morgan fingerprint density at radius 1 is 1.45 bits per heavy atom. The Morgan fingerprint density at radius 2 is 2.25 bits per heavy atom. The molecule has 0 aliphatic rings. The SMILES string of the molecule is COc1nc2sccn2c1CNCCOCC(F)(F)F. The Balaban J connectivity index is 1.79. The van der Waals surface area contributed by atoms with Gasteiger partial charge in [0, 0.05) is 24.7 Å². The van der Waals surface area contributed by atoms with Gasteiger partial charge in [-0.25, -0.2) is 0 Å². The molecule has 5 nitrogen and oxygen atoms in total. The van der Waals surface area contributed by atoms with Gasteiger partial charge in [-0.3, -0.25) is 4.40 Å². The summed E-state index contributed by atoms with van der Waals surface area (Å²) in [4.78, 5) is 5.09. The van der Waals surface area contributed by atoms with Gasteiger partial charge in [0.25, 0.3) is 0 Å². The molecule has 0 atom stereocenters. The summed E-state index contributed by atoms with van der Waals surface area (Å²) in [5, 5.41) is 4.90. The average molecular weight is 309 g/mol. The van der Waals surface area contributed by atoms with Gasteiger partial charge in [0.05, 0.1) is 13.7 Å². The maximum absolute atomic E-state index is 11.9. The van der Waals surface area contributed by atoms with E-state index in [4.69, 9.17) is 4.74 Å². The normalized spacial score (nSPS) is 12.2. The summed E-state index contributed by atoms with van der Waals surface area (Å²) in [6.07, 6.45) is -2.41. The second kappa shape index (κ2) is 6.42. The van der Waals surface area contributed by atoms with E-state index in [-0.39, 0.29) is 6.61 Å². The van der Waals surface area contributed by atoms with Gasteiger partial charge < -0.3 is 14.8 Å². The number of halogens is 3. The first-order valence-corrected chi connectivity index (χ1v) is 6.73. The Hall–Kier alpha value is -1.32. The van der Waals surface area contributed by atoms with Gasteiger partial charge in [-0.15, -0.1) is 11.3 Å². The van der Waals surface area contributed by atoms with Crippen molar-refractivity contribution >= 4 is 16.3 Å². The van der Waals surface area contributed by atoms with Crippen LogP contribution in [-0.2, 0) is 11.3 Å². The smallest absolute Gasteiger partial charge is 0.411 e. The van der Waals surface area contributed by atoms with Crippen LogP contribution in [0.1, 0.15) is 5.69 Å². The number of hydrogen-bond donors (Lipinski definition) is 1. The van der Waals surface area contributed by atoms with E-state index in [2.05, 4.69) is 15.0 Å². The van der Waals surface area contributed by atoms with Crippen LogP contribution < -0.4 is 10.1 Å². The molecule has 0 radical (unpaired) electrons. The van der Waals surface area contributed by atoms with Gasteiger partial charge in [-0.05, 0) is 0 Å². The molecule has 0 aliphatic heterocycles. The Labute approximate surface area is 117 Å². The minimum atomic E-state index is -4.28. The highest BCUT2D eigenvalue weighted by Crippen LogP contribution is 2.22. The maximum Gasteiger partial charge on any atom is 0.411 e. The van der Waals surface area contributed by atoms with Gasteiger partial charge in [0.1, 0.15) is 12.3 Å². The highest BCUT2D eigenvalue weighted by Gasteiger charge is 2.27. The first-order valence-electron chi connectivity index (χ1n) is 5.85. The van der Waals surface area contributed by atoms with Gasteiger partial charge in [-0.2, -0.15) is 18.2 Å². The number of methoxy groups -OCH3 is 1. The highest BCUT2D eigenvalue weighted by molar-refractivity contribution is 7.15. The van der Waals surface area contributed by atoms with Crippen molar-refractivity contribution in [2.24, 2.45) is 0 Å². The molecular weight excluding hydrogens is 295 g/mol. The summed E-state index contributed by atoms with van der Waals surface area (Å²) in [6.45, 7) is -0.472. The Kier molecular flexibility index (Phi) is 4.84. The van der Waals surface area contributed by atoms with Crippen LogP contribution in [-0.4, -0.2) is 42.4 Å². The zero-order valence-corrected chi connectivity index (χ0v) is 11.6. The van der Waals surface area contributed by atoms with Crippen LogP contribution in [0.3, 0.4) is 0 Å². The number of imidazole rings is 1. The van der Waals surface area contributed by atoms with Crippen LogP contribution in [0.4, 0.5) is 13.2 Å². The molecular formula is C11H14F3N3O2S. The second-order valence-corrected chi connectivity index (χ2v) is 4.84. The summed E-state index contributed by atoms with van der Waals surface area (Å²) < 4.78 is 47.1. The lowest BCUT2D eigenvalue weighted by Crippen LogP contribution is -2.24. The predicted octanol–water partition coefficient (Wildman–Crippen LogP) is 2.07. The monoisotopic (exact) mass is 309 g/mol. The van der Waals surface area contributed by atoms with E-state index >= 15 is 0 Å². The average Bonchev–Trinajstić information content (AvgIpc) is 2.93. The van der Waals surface area contributed by atoms with Crippen molar-refractivity contribution in [1.29, 1.82) is 0 Å². The fourth-order valence-electron chi connectivity index (χ4n) is 1.68. The molecule has 0 aliphatic carbocycles. The van der Waals surface area contributed by atoms with Crippen LogP contribution in [0.15, 0.2) is 11.6 Å². The number of rotatable bonds is 7. The van der Waals surface area contributed by atoms with Gasteiger partial charge in [0.2, 0.25) is 5.88 Å². The van der Waals surface area contributed by atoms with E-state index in [1.807, 2.05) is 16.0 Å². The summed E-state index contributed by atoms with van der Waals surface area (Å²) in [6, 6.07) is 0. The largest absolute Gasteiger partial charge is 0.480 e. The number of fused-ring (bicyclic) bond motifs is 1. The molecule has 0 unspecified atom stereocenters. The van der Waals surface area contributed by atoms with Gasteiger partial charge >= 0.3 is 6.18 Å². The van der Waals surface area contributed by atoms with E-state index in [0.29, 0.717) is 19.0 Å². The third kappa shape index (κ3) is 3.84. The molecule has 0 aromatic carbocycles. The molecule has 2 rings (SSSR count). The van der Waals surface area contributed by atoms with Crippen molar-refractivity contribution in [3.63, 3.8) is 0 Å². The van der Waals surface area contributed by atoms with Crippen LogP contribution in [0.5, 0.6) is 5.88 Å². The summed E-state index contributed by atoms with van der Waals surface area (Å²) in [7, 11) is 1.53. The molecule has 20 heavy (non-hydrogen) atoms. The van der Waals surface area contributed by atoms with Gasteiger partial charge in [-0.1, -0.05) is 0 Å². The van der Waals surface area contributed by atoms with Crippen molar-refractivity contribution in [2.75, 3.05) is 26.9 Å². The van der Waals surface area contributed by atoms with Crippen molar-refractivity contribution in [3.05, 3.63) is 17.3 Å². The summed E-state index contributed by atoms with van der Waals surface area (Å²) >= 11 is 1.48. The van der Waals surface area contributed by atoms with Crippen LogP contribution in [0.25, 0.3) is 4.96 Å². The zero-order valence-electron chi connectivity index (χ0n) is 10.7. The lowest BCUT2D eigenvalue weighted by Gasteiger charge is -2.08. The standard InChI is InChI=1S/C11H14F3N3O2S/c1-18-9-8(17-3-5-20-10(17)16-9)6-15-2-4-19-7-11(12,13)14/h3,5,15H,2,4,6-7H2,1H3. The molecule has 2 aromatic rings. The van der Waals surface area contributed by atoms with E-state index in [1.54, 1.807) is 0 Å². The summed E-state index contributed by atoms with van der Waals surface area (Å²) in [5.74, 6) is 0.514. The fourth-order valence-corrected chi connectivity index (χ4v) is 2.40. The van der Waals surface area contributed by atoms with Crippen molar-refractivity contribution in [1.82, 2.24) is 14.7 Å². The molecule has 0 bridgehead atoms. The quantitative estimate of drug-likeness (QED) is 0.796. The predicted molar refractivity (Wildman–Crippen MR) is 68.2 cm³/mol. The van der Waals surface area contributed by atoms with Crippen molar-refractivity contribution in [2.45, 2.75) is 12.7 Å². The lowest BCUT2D eigenvalue weighted by molar-refractivity contribution is -0.173. The molecule has 0 fully saturated rings. The van der Waals surface area contributed by atoms with Crippen molar-refractivity contribution < 1.29 is 22.6 Å². The minimum Gasteiger partial charge on any atom is -0.480 e. The number of ether oxygens (including phenoxy) is 2. The maximum atomic E-state index is 11.9. The Bertz CT molecular complexity index is 553. The molecule has 0 amide bonds. The lowest BCUT2D eigenvalue weighted by atomic mass is 10.4. The molecule has 0 saturated heterocycles. The Morgan fingerprint density at radius 3 is 2.95 bits per heavy atom. The molecule has 1 N–H and O–H groups in total. The number of hydrogen-bond acceptors (Lipinski definition) is 5.